The Kier molecular flexibility index (Phi) is 2.34. The fourth-order valence-corrected chi connectivity index (χ4v) is 3.12. The van der Waals surface area contributed by atoms with Gasteiger partial charge in [-0.25, -0.2) is 8.42 Å². The van der Waals surface area contributed by atoms with Crippen molar-refractivity contribution in [2.24, 2.45) is 0 Å². The lowest BCUT2D eigenvalue weighted by atomic mass is 10.3. The molecule has 82 valence electrons. The van der Waals surface area contributed by atoms with Crippen LogP contribution in [0.25, 0.3) is 0 Å². The van der Waals surface area contributed by atoms with Gasteiger partial charge in [0.1, 0.15) is 0 Å². The monoisotopic (exact) mass is 226 g/mol. The van der Waals surface area contributed by atoms with Crippen molar-refractivity contribution < 1.29 is 8.42 Å². The van der Waals surface area contributed by atoms with E-state index < -0.39 is 10.0 Å². The number of nitrogen functional groups attached to an aromatic ring is 1. The number of nitrogens with zero attached hydrogens (tertiary/aromatic N) is 1. The lowest BCUT2D eigenvalue weighted by molar-refractivity contribution is 0.593. The van der Waals surface area contributed by atoms with Crippen molar-refractivity contribution in [1.82, 2.24) is 0 Å². The summed E-state index contributed by atoms with van der Waals surface area (Å²) in [6, 6.07) is 6.99. The highest BCUT2D eigenvalue weighted by molar-refractivity contribution is 7.93. The highest BCUT2D eigenvalue weighted by atomic mass is 32.2. The predicted molar refractivity (Wildman–Crippen MR) is 61.2 cm³/mol. The van der Waals surface area contributed by atoms with Crippen LogP contribution in [0.15, 0.2) is 24.3 Å². The maximum Gasteiger partial charge on any atom is 0.237 e. The Morgan fingerprint density at radius 3 is 2.47 bits per heavy atom. The molecule has 0 aromatic heterocycles. The third-order valence-corrected chi connectivity index (χ3v) is 4.88. The minimum Gasteiger partial charge on any atom is -0.397 e. The van der Waals surface area contributed by atoms with Crippen LogP contribution < -0.4 is 10.0 Å². The van der Waals surface area contributed by atoms with E-state index in [1.165, 1.54) is 4.31 Å². The first-order chi connectivity index (χ1) is 7.03. The van der Waals surface area contributed by atoms with Crippen LogP contribution in [0.2, 0.25) is 0 Å². The second-order valence-electron chi connectivity index (χ2n) is 3.77. The molecule has 0 radical (unpaired) electrons. The van der Waals surface area contributed by atoms with Crippen molar-refractivity contribution in [1.29, 1.82) is 0 Å². The molecule has 0 saturated heterocycles. The Labute approximate surface area is 89.7 Å². The van der Waals surface area contributed by atoms with Crippen molar-refractivity contribution in [2.45, 2.75) is 18.1 Å². The van der Waals surface area contributed by atoms with E-state index >= 15 is 0 Å². The molecule has 0 atom stereocenters. The average molecular weight is 226 g/mol. The van der Waals surface area contributed by atoms with Crippen LogP contribution in [0.4, 0.5) is 11.4 Å². The maximum atomic E-state index is 11.9. The molecule has 1 fully saturated rings. The number of para-hydroxylation sites is 2. The van der Waals surface area contributed by atoms with E-state index in [-0.39, 0.29) is 5.25 Å². The van der Waals surface area contributed by atoms with Crippen molar-refractivity contribution in [3.05, 3.63) is 24.3 Å². The van der Waals surface area contributed by atoms with E-state index in [9.17, 15) is 8.42 Å². The average Bonchev–Trinajstić information content (AvgIpc) is 3.00. The molecule has 0 amide bonds. The molecule has 0 aliphatic heterocycles. The van der Waals surface area contributed by atoms with Gasteiger partial charge in [0.25, 0.3) is 0 Å². The van der Waals surface area contributed by atoms with Crippen LogP contribution >= 0.6 is 0 Å². The quantitative estimate of drug-likeness (QED) is 0.788. The number of anilines is 2. The van der Waals surface area contributed by atoms with E-state index in [2.05, 4.69) is 0 Å². The number of benzene rings is 1. The lowest BCUT2D eigenvalue weighted by Gasteiger charge is -2.20. The molecule has 1 aliphatic carbocycles. The van der Waals surface area contributed by atoms with E-state index in [1.807, 2.05) is 0 Å². The molecule has 1 aromatic rings. The molecule has 0 heterocycles. The van der Waals surface area contributed by atoms with Gasteiger partial charge in [-0.1, -0.05) is 12.1 Å². The zero-order valence-electron chi connectivity index (χ0n) is 8.55. The van der Waals surface area contributed by atoms with Gasteiger partial charge in [-0.05, 0) is 25.0 Å². The van der Waals surface area contributed by atoms with Gasteiger partial charge < -0.3 is 5.73 Å². The first kappa shape index (κ1) is 10.3. The molecule has 1 aliphatic rings. The van der Waals surface area contributed by atoms with Crippen LogP contribution in [-0.2, 0) is 10.0 Å². The number of hydrogen-bond acceptors (Lipinski definition) is 3. The highest BCUT2D eigenvalue weighted by Crippen LogP contribution is 2.34. The van der Waals surface area contributed by atoms with E-state index in [1.54, 1.807) is 31.3 Å². The molecular weight excluding hydrogens is 212 g/mol. The lowest BCUT2D eigenvalue weighted by Crippen LogP contribution is -2.30. The van der Waals surface area contributed by atoms with Crippen LogP contribution in [0.3, 0.4) is 0 Å². The molecule has 1 aromatic carbocycles. The van der Waals surface area contributed by atoms with Crippen molar-refractivity contribution in [3.8, 4) is 0 Å². The van der Waals surface area contributed by atoms with Crippen LogP contribution in [0.1, 0.15) is 12.8 Å². The van der Waals surface area contributed by atoms with Crippen LogP contribution in [0.5, 0.6) is 0 Å². The van der Waals surface area contributed by atoms with Gasteiger partial charge in [0, 0.05) is 7.05 Å². The molecule has 5 heteroatoms. The van der Waals surface area contributed by atoms with Gasteiger partial charge >= 0.3 is 0 Å². The van der Waals surface area contributed by atoms with Gasteiger partial charge in [0.2, 0.25) is 10.0 Å². The molecule has 0 spiro atoms. The summed E-state index contributed by atoms with van der Waals surface area (Å²) in [6.07, 6.45) is 1.53. The van der Waals surface area contributed by atoms with E-state index in [4.69, 9.17) is 5.73 Å². The normalized spacial score (nSPS) is 16.3. The SMILES string of the molecule is CN(c1ccccc1N)S(=O)(=O)C1CC1. The predicted octanol–water partition coefficient (Wildman–Crippen LogP) is 1.20. The van der Waals surface area contributed by atoms with Gasteiger partial charge in [-0.3, -0.25) is 4.31 Å². The summed E-state index contributed by atoms with van der Waals surface area (Å²) in [7, 11) is -1.63. The van der Waals surface area contributed by atoms with Crippen molar-refractivity contribution in [2.75, 3.05) is 17.1 Å². The zero-order chi connectivity index (χ0) is 11.1. The Morgan fingerprint density at radius 2 is 1.93 bits per heavy atom. The molecule has 0 unspecified atom stereocenters. The standard InChI is InChI=1S/C10H14N2O2S/c1-12(15(13,14)8-6-7-8)10-5-3-2-4-9(10)11/h2-5,8H,6-7,11H2,1H3. The van der Waals surface area contributed by atoms with Gasteiger partial charge in [-0.2, -0.15) is 0 Å². The smallest absolute Gasteiger partial charge is 0.237 e. The van der Waals surface area contributed by atoms with Gasteiger partial charge in [0.15, 0.2) is 0 Å². The number of nitrogens with two attached hydrogens (primary N) is 1. The summed E-state index contributed by atoms with van der Waals surface area (Å²) in [5.74, 6) is 0. The fraction of sp³-hybridized carbons (Fsp3) is 0.400. The first-order valence-corrected chi connectivity index (χ1v) is 6.36. The minimum absolute atomic E-state index is 0.206. The Hall–Kier alpha value is -1.23. The number of hydrogen-bond donors (Lipinski definition) is 1. The fourth-order valence-electron chi connectivity index (χ4n) is 1.50. The topological polar surface area (TPSA) is 63.4 Å². The van der Waals surface area contributed by atoms with Crippen molar-refractivity contribution >= 4 is 21.4 Å². The Balaban J connectivity index is 2.36. The molecule has 15 heavy (non-hydrogen) atoms. The summed E-state index contributed by atoms with van der Waals surface area (Å²) < 4.78 is 25.1. The summed E-state index contributed by atoms with van der Waals surface area (Å²) in [6.45, 7) is 0. The summed E-state index contributed by atoms with van der Waals surface area (Å²) in [5.41, 5.74) is 6.78. The molecule has 2 rings (SSSR count). The molecule has 4 nitrogen and oxygen atoms in total. The minimum atomic E-state index is -3.19. The van der Waals surface area contributed by atoms with E-state index in [0.29, 0.717) is 11.4 Å². The molecule has 0 bridgehead atoms. The summed E-state index contributed by atoms with van der Waals surface area (Å²) in [4.78, 5) is 0. The van der Waals surface area contributed by atoms with E-state index in [0.717, 1.165) is 12.8 Å². The molecular formula is C10H14N2O2S. The third kappa shape index (κ3) is 1.79. The summed E-state index contributed by atoms with van der Waals surface area (Å²) >= 11 is 0. The second-order valence-corrected chi connectivity index (χ2v) is 6.01. The first-order valence-electron chi connectivity index (χ1n) is 4.85. The number of sulfonamides is 1. The van der Waals surface area contributed by atoms with Gasteiger partial charge in [-0.15, -0.1) is 0 Å². The zero-order valence-corrected chi connectivity index (χ0v) is 9.37. The Bertz CT molecular complexity index is 466. The van der Waals surface area contributed by atoms with Gasteiger partial charge in [0.05, 0.1) is 16.6 Å². The van der Waals surface area contributed by atoms with Crippen molar-refractivity contribution in [3.63, 3.8) is 0 Å². The largest absolute Gasteiger partial charge is 0.397 e. The third-order valence-electron chi connectivity index (χ3n) is 2.60. The molecule has 1 saturated carbocycles. The maximum absolute atomic E-state index is 11.9. The highest BCUT2D eigenvalue weighted by Gasteiger charge is 2.39. The summed E-state index contributed by atoms with van der Waals surface area (Å²) in [5, 5.41) is -0.206. The van der Waals surface area contributed by atoms with Crippen LogP contribution in [0, 0.1) is 0 Å². The number of rotatable bonds is 3. The Morgan fingerprint density at radius 1 is 1.33 bits per heavy atom. The van der Waals surface area contributed by atoms with Crippen LogP contribution in [-0.4, -0.2) is 20.7 Å². The second kappa shape index (κ2) is 3.41. The molecule has 2 N–H and O–H groups in total.